The second-order valence-electron chi connectivity index (χ2n) is 6.03. The molecule has 1 aliphatic rings. The summed E-state index contributed by atoms with van der Waals surface area (Å²) in [6.07, 6.45) is 0.895. The van der Waals surface area contributed by atoms with Crippen molar-refractivity contribution in [2.24, 2.45) is 0 Å². The SMILES string of the molecule is CCCCOC(=O)N1CCN(C(=O)C(C)Oc2ccc(O)cc2)CC1. The Morgan fingerprint density at radius 1 is 1.12 bits per heavy atom. The molecule has 1 atom stereocenters. The number of unbranched alkanes of at least 4 members (excludes halogenated alkanes) is 1. The average Bonchev–Trinajstić information content (AvgIpc) is 2.63. The highest BCUT2D eigenvalue weighted by atomic mass is 16.6. The molecule has 25 heavy (non-hydrogen) atoms. The summed E-state index contributed by atoms with van der Waals surface area (Å²) < 4.78 is 10.8. The normalized spacial score (nSPS) is 15.6. The number of nitrogens with zero attached hydrogens (tertiary/aromatic N) is 2. The molecule has 1 aromatic carbocycles. The van der Waals surface area contributed by atoms with E-state index in [0.29, 0.717) is 38.5 Å². The summed E-state index contributed by atoms with van der Waals surface area (Å²) in [5.41, 5.74) is 0. The third-order valence-corrected chi connectivity index (χ3v) is 4.07. The second-order valence-corrected chi connectivity index (χ2v) is 6.03. The molecule has 1 heterocycles. The van der Waals surface area contributed by atoms with E-state index in [1.165, 1.54) is 12.1 Å². The fraction of sp³-hybridized carbons (Fsp3) is 0.556. The molecule has 0 bridgehead atoms. The van der Waals surface area contributed by atoms with Gasteiger partial charge in [0.15, 0.2) is 6.10 Å². The summed E-state index contributed by atoms with van der Waals surface area (Å²) in [7, 11) is 0. The van der Waals surface area contributed by atoms with E-state index in [1.54, 1.807) is 28.9 Å². The summed E-state index contributed by atoms with van der Waals surface area (Å²) in [5.74, 6) is 0.553. The Morgan fingerprint density at radius 2 is 1.72 bits per heavy atom. The molecule has 7 heteroatoms. The highest BCUT2D eigenvalue weighted by molar-refractivity contribution is 5.81. The van der Waals surface area contributed by atoms with Gasteiger partial charge in [-0.25, -0.2) is 4.79 Å². The van der Waals surface area contributed by atoms with Gasteiger partial charge in [-0.3, -0.25) is 4.79 Å². The number of piperazine rings is 1. The van der Waals surface area contributed by atoms with Crippen LogP contribution in [0.25, 0.3) is 0 Å². The van der Waals surface area contributed by atoms with Crippen LogP contribution in [0.5, 0.6) is 11.5 Å². The first-order chi connectivity index (χ1) is 12.0. The molecule has 0 radical (unpaired) electrons. The summed E-state index contributed by atoms with van der Waals surface area (Å²) in [4.78, 5) is 27.7. The molecule has 138 valence electrons. The third-order valence-electron chi connectivity index (χ3n) is 4.07. The zero-order valence-corrected chi connectivity index (χ0v) is 14.8. The van der Waals surface area contributed by atoms with Crippen LogP contribution in [0.2, 0.25) is 0 Å². The Hall–Kier alpha value is -2.44. The van der Waals surface area contributed by atoms with E-state index in [0.717, 1.165) is 12.8 Å². The molecule has 0 spiro atoms. The van der Waals surface area contributed by atoms with Gasteiger partial charge in [-0.05, 0) is 37.6 Å². The van der Waals surface area contributed by atoms with Crippen molar-refractivity contribution in [2.45, 2.75) is 32.8 Å². The molecule has 7 nitrogen and oxygen atoms in total. The Morgan fingerprint density at radius 3 is 2.32 bits per heavy atom. The monoisotopic (exact) mass is 350 g/mol. The molecule has 0 aliphatic carbocycles. The molecule has 0 aromatic heterocycles. The maximum atomic E-state index is 12.5. The number of hydrogen-bond acceptors (Lipinski definition) is 5. The average molecular weight is 350 g/mol. The molecule has 1 aliphatic heterocycles. The first-order valence-electron chi connectivity index (χ1n) is 8.67. The number of rotatable bonds is 6. The fourth-order valence-corrected chi connectivity index (χ4v) is 2.54. The smallest absolute Gasteiger partial charge is 0.409 e. The number of aromatic hydroxyl groups is 1. The number of ether oxygens (including phenoxy) is 2. The summed E-state index contributed by atoms with van der Waals surface area (Å²) in [5, 5.41) is 9.27. The molecule has 1 fully saturated rings. The minimum atomic E-state index is -0.632. The van der Waals surface area contributed by atoms with Crippen LogP contribution < -0.4 is 4.74 Å². The van der Waals surface area contributed by atoms with E-state index in [2.05, 4.69) is 0 Å². The quantitative estimate of drug-likeness (QED) is 0.796. The highest BCUT2D eigenvalue weighted by Gasteiger charge is 2.28. The number of hydrogen-bond donors (Lipinski definition) is 1. The van der Waals surface area contributed by atoms with Crippen molar-refractivity contribution in [1.82, 2.24) is 9.80 Å². The maximum absolute atomic E-state index is 12.5. The van der Waals surface area contributed by atoms with E-state index < -0.39 is 6.10 Å². The lowest BCUT2D eigenvalue weighted by Crippen LogP contribution is -2.53. The lowest BCUT2D eigenvalue weighted by Gasteiger charge is -2.35. The van der Waals surface area contributed by atoms with Crippen molar-refractivity contribution in [1.29, 1.82) is 0 Å². The molecule has 1 unspecified atom stereocenters. The van der Waals surface area contributed by atoms with Crippen molar-refractivity contribution in [2.75, 3.05) is 32.8 Å². The summed E-state index contributed by atoms with van der Waals surface area (Å²) in [6.45, 7) is 6.02. The zero-order valence-electron chi connectivity index (χ0n) is 14.8. The fourth-order valence-electron chi connectivity index (χ4n) is 2.54. The number of carbonyl (C=O) groups excluding carboxylic acids is 2. The van der Waals surface area contributed by atoms with Crippen molar-refractivity contribution in [3.63, 3.8) is 0 Å². The van der Waals surface area contributed by atoms with Crippen molar-refractivity contribution in [3.05, 3.63) is 24.3 Å². The van der Waals surface area contributed by atoms with Gasteiger partial charge in [0.1, 0.15) is 11.5 Å². The second kappa shape index (κ2) is 9.15. The van der Waals surface area contributed by atoms with E-state index in [9.17, 15) is 14.7 Å². The van der Waals surface area contributed by atoms with Crippen LogP contribution in [0, 0.1) is 0 Å². The molecule has 1 N–H and O–H groups in total. The summed E-state index contributed by atoms with van der Waals surface area (Å²) in [6, 6.07) is 6.25. The van der Waals surface area contributed by atoms with Gasteiger partial charge in [-0.1, -0.05) is 13.3 Å². The van der Waals surface area contributed by atoms with E-state index >= 15 is 0 Å². The van der Waals surface area contributed by atoms with Gasteiger partial charge in [0.05, 0.1) is 6.61 Å². The van der Waals surface area contributed by atoms with Gasteiger partial charge in [0, 0.05) is 26.2 Å². The molecule has 1 saturated heterocycles. The molecular formula is C18H26N2O5. The highest BCUT2D eigenvalue weighted by Crippen LogP contribution is 2.18. The largest absolute Gasteiger partial charge is 0.508 e. The van der Waals surface area contributed by atoms with E-state index in [4.69, 9.17) is 9.47 Å². The predicted molar refractivity (Wildman–Crippen MR) is 92.6 cm³/mol. The minimum Gasteiger partial charge on any atom is -0.508 e. The standard InChI is InChI=1S/C18H26N2O5/c1-3-4-13-24-18(23)20-11-9-19(10-12-20)17(22)14(2)25-16-7-5-15(21)6-8-16/h5-8,14,21H,3-4,9-13H2,1-2H3. The number of phenols is 1. The predicted octanol–water partition coefficient (Wildman–Crippen LogP) is 2.24. The van der Waals surface area contributed by atoms with Crippen molar-refractivity contribution < 1.29 is 24.2 Å². The number of amides is 2. The Balaban J connectivity index is 1.78. The Bertz CT molecular complexity index is 567. The first-order valence-corrected chi connectivity index (χ1v) is 8.67. The van der Waals surface area contributed by atoms with Crippen molar-refractivity contribution in [3.8, 4) is 11.5 Å². The van der Waals surface area contributed by atoms with Gasteiger partial charge in [0.2, 0.25) is 0 Å². The molecular weight excluding hydrogens is 324 g/mol. The molecule has 2 amide bonds. The molecule has 1 aromatic rings. The first kappa shape index (κ1) is 18.9. The number of carbonyl (C=O) groups is 2. The number of benzene rings is 1. The maximum Gasteiger partial charge on any atom is 0.409 e. The van der Waals surface area contributed by atoms with Gasteiger partial charge >= 0.3 is 6.09 Å². The summed E-state index contributed by atoms with van der Waals surface area (Å²) >= 11 is 0. The van der Waals surface area contributed by atoms with Crippen LogP contribution in [0.15, 0.2) is 24.3 Å². The van der Waals surface area contributed by atoms with Crippen LogP contribution in [-0.2, 0) is 9.53 Å². The molecule has 2 rings (SSSR count). The topological polar surface area (TPSA) is 79.3 Å². The number of phenolic OH excluding ortho intramolecular Hbond substituents is 1. The third kappa shape index (κ3) is 5.55. The van der Waals surface area contributed by atoms with Crippen LogP contribution in [-0.4, -0.2) is 65.8 Å². The van der Waals surface area contributed by atoms with Gasteiger partial charge in [-0.15, -0.1) is 0 Å². The van der Waals surface area contributed by atoms with Gasteiger partial charge in [-0.2, -0.15) is 0 Å². The lowest BCUT2D eigenvalue weighted by molar-refractivity contribution is -0.139. The molecule has 0 saturated carbocycles. The van der Waals surface area contributed by atoms with E-state index in [-0.39, 0.29) is 17.7 Å². The lowest BCUT2D eigenvalue weighted by atomic mass is 10.2. The zero-order chi connectivity index (χ0) is 18.2. The van der Waals surface area contributed by atoms with Crippen LogP contribution in [0.3, 0.4) is 0 Å². The minimum absolute atomic E-state index is 0.118. The van der Waals surface area contributed by atoms with Crippen molar-refractivity contribution >= 4 is 12.0 Å². The Kier molecular flexibility index (Phi) is 6.91. The Labute approximate surface area is 148 Å². The van der Waals surface area contributed by atoms with Gasteiger partial charge in [0.25, 0.3) is 5.91 Å². The van der Waals surface area contributed by atoms with Gasteiger partial charge < -0.3 is 24.4 Å². The van der Waals surface area contributed by atoms with Crippen LogP contribution in [0.4, 0.5) is 4.79 Å². The van der Waals surface area contributed by atoms with Crippen LogP contribution in [0.1, 0.15) is 26.7 Å². The van der Waals surface area contributed by atoms with Crippen LogP contribution >= 0.6 is 0 Å². The van der Waals surface area contributed by atoms with E-state index in [1.807, 2.05) is 6.92 Å².